The largest absolute Gasteiger partial charge is 0.493 e. The number of ether oxygens (including phenoxy) is 2. The lowest BCUT2D eigenvalue weighted by Crippen LogP contribution is -1.97. The SMILES string of the molecule is CCOc1c(Cl)cc(/C=C(/C#N)c2nc3ccccc3[nH]2)cc1OC. The molecule has 2 aromatic carbocycles. The maximum atomic E-state index is 9.53. The topological polar surface area (TPSA) is 70.9 Å². The molecule has 6 heteroatoms. The number of nitriles is 1. The van der Waals surface area contributed by atoms with Crippen molar-refractivity contribution in [3.05, 3.63) is 52.8 Å². The van der Waals surface area contributed by atoms with Gasteiger partial charge in [-0.25, -0.2) is 4.98 Å². The number of aromatic amines is 1. The Morgan fingerprint density at radius 3 is 2.84 bits per heavy atom. The highest BCUT2D eigenvalue weighted by Gasteiger charge is 2.13. The van der Waals surface area contributed by atoms with Crippen molar-refractivity contribution in [2.45, 2.75) is 6.92 Å². The summed E-state index contributed by atoms with van der Waals surface area (Å²) in [4.78, 5) is 7.61. The van der Waals surface area contributed by atoms with Crippen LogP contribution in [0.4, 0.5) is 0 Å². The number of nitrogens with zero attached hydrogens (tertiary/aromatic N) is 2. The molecule has 0 aliphatic carbocycles. The molecule has 3 rings (SSSR count). The van der Waals surface area contributed by atoms with Gasteiger partial charge in [-0.05, 0) is 42.8 Å². The van der Waals surface area contributed by atoms with Crippen molar-refractivity contribution < 1.29 is 9.47 Å². The number of allylic oxidation sites excluding steroid dienone is 1. The molecule has 0 bridgehead atoms. The number of nitrogens with one attached hydrogen (secondary N) is 1. The summed E-state index contributed by atoms with van der Waals surface area (Å²) in [6.45, 7) is 2.35. The molecule has 0 radical (unpaired) electrons. The second kappa shape index (κ2) is 7.29. The molecule has 0 amide bonds. The molecule has 1 aromatic heterocycles. The van der Waals surface area contributed by atoms with Crippen LogP contribution in [0.1, 0.15) is 18.3 Å². The number of halogens is 1. The first-order valence-corrected chi connectivity index (χ1v) is 8.11. The molecule has 0 atom stereocenters. The van der Waals surface area contributed by atoms with Gasteiger partial charge in [0, 0.05) is 0 Å². The normalized spacial score (nSPS) is 11.4. The first kappa shape index (κ1) is 16.9. The lowest BCUT2D eigenvalue weighted by molar-refractivity contribution is 0.311. The van der Waals surface area contributed by atoms with E-state index in [-0.39, 0.29) is 0 Å². The van der Waals surface area contributed by atoms with Crippen LogP contribution in [0.5, 0.6) is 11.5 Å². The van der Waals surface area contributed by atoms with Crippen LogP contribution in [0.25, 0.3) is 22.7 Å². The summed E-state index contributed by atoms with van der Waals surface area (Å²) in [7, 11) is 1.55. The van der Waals surface area contributed by atoms with Gasteiger partial charge in [0.25, 0.3) is 0 Å². The van der Waals surface area contributed by atoms with Gasteiger partial charge in [0.05, 0.1) is 35.3 Å². The average molecular weight is 354 g/mol. The zero-order valence-electron chi connectivity index (χ0n) is 13.8. The molecule has 0 saturated carbocycles. The number of benzene rings is 2. The number of imidazole rings is 1. The number of H-pyrrole nitrogens is 1. The maximum absolute atomic E-state index is 9.53. The summed E-state index contributed by atoms with van der Waals surface area (Å²) in [5.41, 5.74) is 2.81. The van der Waals surface area contributed by atoms with E-state index < -0.39 is 0 Å². The minimum Gasteiger partial charge on any atom is -0.493 e. The minimum atomic E-state index is 0.401. The molecule has 0 fully saturated rings. The second-order valence-corrected chi connectivity index (χ2v) is 5.65. The van der Waals surface area contributed by atoms with Gasteiger partial charge < -0.3 is 14.5 Å². The van der Waals surface area contributed by atoms with Crippen molar-refractivity contribution in [1.29, 1.82) is 5.26 Å². The third-order valence-electron chi connectivity index (χ3n) is 3.62. The first-order valence-electron chi connectivity index (χ1n) is 7.73. The van der Waals surface area contributed by atoms with Crippen LogP contribution in [0, 0.1) is 11.3 Å². The van der Waals surface area contributed by atoms with E-state index in [4.69, 9.17) is 21.1 Å². The first-order chi connectivity index (χ1) is 12.2. The Labute approximate surface area is 150 Å². The van der Waals surface area contributed by atoms with Crippen LogP contribution in [-0.4, -0.2) is 23.7 Å². The molecule has 0 unspecified atom stereocenters. The van der Waals surface area contributed by atoms with Crippen LogP contribution >= 0.6 is 11.6 Å². The highest BCUT2D eigenvalue weighted by Crippen LogP contribution is 2.37. The molecule has 126 valence electrons. The standard InChI is InChI=1S/C19H16ClN3O2/c1-3-25-18-14(20)9-12(10-17(18)24-2)8-13(11-21)19-22-15-6-4-5-7-16(15)23-19/h4-10H,3H2,1-2H3,(H,22,23)/b13-8-. The van der Waals surface area contributed by atoms with Gasteiger partial charge in [0.2, 0.25) is 0 Å². The smallest absolute Gasteiger partial charge is 0.179 e. The number of fused-ring (bicyclic) bond motifs is 1. The van der Waals surface area contributed by atoms with Crippen molar-refractivity contribution in [3.63, 3.8) is 0 Å². The van der Waals surface area contributed by atoms with Gasteiger partial charge in [0.15, 0.2) is 11.5 Å². The Kier molecular flexibility index (Phi) is 4.92. The fraction of sp³-hybridized carbons (Fsp3) is 0.158. The summed E-state index contributed by atoms with van der Waals surface area (Å²) < 4.78 is 10.9. The predicted molar refractivity (Wildman–Crippen MR) is 98.8 cm³/mol. The van der Waals surface area contributed by atoms with E-state index in [0.717, 1.165) is 16.6 Å². The van der Waals surface area contributed by atoms with E-state index in [1.54, 1.807) is 25.3 Å². The molecule has 5 nitrogen and oxygen atoms in total. The minimum absolute atomic E-state index is 0.401. The van der Waals surface area contributed by atoms with Gasteiger partial charge >= 0.3 is 0 Å². The third kappa shape index (κ3) is 3.44. The van der Waals surface area contributed by atoms with E-state index in [9.17, 15) is 5.26 Å². The van der Waals surface area contributed by atoms with Crippen LogP contribution in [0.3, 0.4) is 0 Å². The van der Waals surface area contributed by atoms with Crippen molar-refractivity contribution in [2.75, 3.05) is 13.7 Å². The number of hydrogen-bond acceptors (Lipinski definition) is 4. The molecule has 0 aliphatic heterocycles. The molecule has 0 spiro atoms. The van der Waals surface area contributed by atoms with E-state index in [1.165, 1.54) is 0 Å². The van der Waals surface area contributed by atoms with Crippen molar-refractivity contribution in [1.82, 2.24) is 9.97 Å². The molecule has 3 aromatic rings. The quantitative estimate of drug-likeness (QED) is 0.675. The summed E-state index contributed by atoms with van der Waals surface area (Å²) in [6.07, 6.45) is 1.71. The van der Waals surface area contributed by atoms with Crippen LogP contribution in [-0.2, 0) is 0 Å². The highest BCUT2D eigenvalue weighted by atomic mass is 35.5. The molecular formula is C19H16ClN3O2. The Morgan fingerprint density at radius 2 is 2.16 bits per heavy atom. The summed E-state index contributed by atoms with van der Waals surface area (Å²) in [5, 5.41) is 9.96. The Balaban J connectivity index is 2.05. The van der Waals surface area contributed by atoms with Crippen molar-refractivity contribution in [3.8, 4) is 17.6 Å². The molecule has 0 aliphatic rings. The van der Waals surface area contributed by atoms with E-state index in [1.807, 2.05) is 31.2 Å². The van der Waals surface area contributed by atoms with Crippen LogP contribution < -0.4 is 9.47 Å². The number of methoxy groups -OCH3 is 1. The zero-order valence-corrected chi connectivity index (χ0v) is 14.6. The molecule has 0 saturated heterocycles. The average Bonchev–Trinajstić information content (AvgIpc) is 3.05. The molecular weight excluding hydrogens is 338 g/mol. The van der Waals surface area contributed by atoms with Crippen LogP contribution in [0.15, 0.2) is 36.4 Å². The Hall–Kier alpha value is -2.97. The number of hydrogen-bond donors (Lipinski definition) is 1. The van der Waals surface area contributed by atoms with Gasteiger partial charge in [-0.3, -0.25) is 0 Å². The zero-order chi connectivity index (χ0) is 17.8. The van der Waals surface area contributed by atoms with Gasteiger partial charge in [-0.15, -0.1) is 0 Å². The monoisotopic (exact) mass is 353 g/mol. The van der Waals surface area contributed by atoms with E-state index in [0.29, 0.717) is 34.5 Å². The molecule has 25 heavy (non-hydrogen) atoms. The predicted octanol–water partition coefficient (Wildman–Crippen LogP) is 4.69. The lowest BCUT2D eigenvalue weighted by atomic mass is 10.1. The van der Waals surface area contributed by atoms with Crippen molar-refractivity contribution >= 4 is 34.3 Å². The number of para-hydroxylation sites is 2. The highest BCUT2D eigenvalue weighted by molar-refractivity contribution is 6.32. The third-order valence-corrected chi connectivity index (χ3v) is 3.90. The summed E-state index contributed by atoms with van der Waals surface area (Å²) in [6, 6.07) is 13.3. The number of rotatable bonds is 5. The van der Waals surface area contributed by atoms with Crippen molar-refractivity contribution in [2.24, 2.45) is 0 Å². The lowest BCUT2D eigenvalue weighted by Gasteiger charge is -2.12. The Bertz CT molecular complexity index is 953. The molecule has 1 heterocycles. The maximum Gasteiger partial charge on any atom is 0.179 e. The summed E-state index contributed by atoms with van der Waals surface area (Å²) in [5.74, 6) is 1.52. The fourth-order valence-electron chi connectivity index (χ4n) is 2.51. The van der Waals surface area contributed by atoms with Gasteiger partial charge in [-0.2, -0.15) is 5.26 Å². The summed E-state index contributed by atoms with van der Waals surface area (Å²) >= 11 is 6.29. The van der Waals surface area contributed by atoms with Gasteiger partial charge in [0.1, 0.15) is 11.9 Å². The van der Waals surface area contributed by atoms with E-state index in [2.05, 4.69) is 16.0 Å². The Morgan fingerprint density at radius 1 is 1.36 bits per heavy atom. The van der Waals surface area contributed by atoms with E-state index >= 15 is 0 Å². The number of aromatic nitrogens is 2. The molecule has 1 N–H and O–H groups in total. The fourth-order valence-corrected chi connectivity index (χ4v) is 2.78. The second-order valence-electron chi connectivity index (χ2n) is 5.24. The van der Waals surface area contributed by atoms with Gasteiger partial charge in [-0.1, -0.05) is 23.7 Å². The van der Waals surface area contributed by atoms with Crippen LogP contribution in [0.2, 0.25) is 5.02 Å².